The molecular formula is C19H19BrN6O. The van der Waals surface area contributed by atoms with Gasteiger partial charge < -0.3 is 10.2 Å². The van der Waals surface area contributed by atoms with Crippen LogP contribution >= 0.6 is 15.9 Å². The predicted octanol–water partition coefficient (Wildman–Crippen LogP) is 3.62. The maximum absolute atomic E-state index is 12.8. The van der Waals surface area contributed by atoms with E-state index in [-0.39, 0.29) is 5.91 Å². The van der Waals surface area contributed by atoms with E-state index in [1.165, 1.54) is 0 Å². The number of aromatic nitrogens is 4. The van der Waals surface area contributed by atoms with Crippen molar-refractivity contribution in [3.8, 4) is 5.69 Å². The maximum atomic E-state index is 12.8. The standard InChI is InChI=1S/C19H19BrN6O/c1-25(2)16-10-7-14(11-21-16)22-19(27)17-18(12-3-4-12)26(24-23-17)15-8-5-13(20)6-9-15/h5-12H,3-4H2,1-2H3,(H,22,27). The summed E-state index contributed by atoms with van der Waals surface area (Å²) >= 11 is 3.44. The molecule has 8 heteroatoms. The molecule has 1 aromatic carbocycles. The zero-order valence-electron chi connectivity index (χ0n) is 15.1. The van der Waals surface area contributed by atoms with Crippen molar-refractivity contribution < 1.29 is 4.79 Å². The maximum Gasteiger partial charge on any atom is 0.278 e. The molecule has 0 spiro atoms. The second kappa shape index (κ2) is 7.11. The minimum Gasteiger partial charge on any atom is -0.363 e. The number of halogens is 1. The normalized spacial score (nSPS) is 13.4. The van der Waals surface area contributed by atoms with Crippen molar-refractivity contribution in [2.75, 3.05) is 24.3 Å². The van der Waals surface area contributed by atoms with E-state index in [9.17, 15) is 4.79 Å². The molecule has 138 valence electrons. The lowest BCUT2D eigenvalue weighted by molar-refractivity contribution is 0.102. The van der Waals surface area contributed by atoms with Gasteiger partial charge in [-0.25, -0.2) is 9.67 Å². The van der Waals surface area contributed by atoms with Crippen LogP contribution in [0.2, 0.25) is 0 Å². The Morgan fingerprint density at radius 2 is 1.93 bits per heavy atom. The van der Waals surface area contributed by atoms with Crippen LogP contribution in [0.4, 0.5) is 11.5 Å². The fourth-order valence-electron chi connectivity index (χ4n) is 2.86. The van der Waals surface area contributed by atoms with Gasteiger partial charge in [-0.15, -0.1) is 5.10 Å². The summed E-state index contributed by atoms with van der Waals surface area (Å²) in [5.74, 6) is 0.881. The highest BCUT2D eigenvalue weighted by atomic mass is 79.9. The van der Waals surface area contributed by atoms with Crippen LogP contribution in [0, 0.1) is 0 Å². The molecule has 1 aliphatic carbocycles. The molecule has 0 aliphatic heterocycles. The summed E-state index contributed by atoms with van der Waals surface area (Å²) in [6.07, 6.45) is 3.73. The molecule has 0 saturated heterocycles. The van der Waals surface area contributed by atoms with Crippen molar-refractivity contribution in [2.45, 2.75) is 18.8 Å². The molecule has 0 atom stereocenters. The minimum absolute atomic E-state index is 0.264. The average molecular weight is 427 g/mol. The first-order valence-electron chi connectivity index (χ1n) is 8.69. The minimum atomic E-state index is -0.264. The molecule has 0 radical (unpaired) electrons. The van der Waals surface area contributed by atoms with E-state index < -0.39 is 0 Å². The number of amides is 1. The van der Waals surface area contributed by atoms with Gasteiger partial charge in [0, 0.05) is 24.5 Å². The van der Waals surface area contributed by atoms with Gasteiger partial charge in [-0.3, -0.25) is 4.79 Å². The summed E-state index contributed by atoms with van der Waals surface area (Å²) in [6, 6.07) is 11.5. The van der Waals surface area contributed by atoms with Gasteiger partial charge in [-0.1, -0.05) is 21.1 Å². The first-order chi connectivity index (χ1) is 13.0. The highest BCUT2D eigenvalue weighted by Crippen LogP contribution is 2.42. The van der Waals surface area contributed by atoms with E-state index in [0.29, 0.717) is 17.3 Å². The van der Waals surface area contributed by atoms with Crippen LogP contribution in [0.15, 0.2) is 47.1 Å². The lowest BCUT2D eigenvalue weighted by atomic mass is 10.2. The number of hydrogen-bond donors (Lipinski definition) is 1. The third-order valence-electron chi connectivity index (χ3n) is 4.42. The zero-order chi connectivity index (χ0) is 19.0. The van der Waals surface area contributed by atoms with Crippen molar-refractivity contribution in [1.82, 2.24) is 20.0 Å². The molecule has 7 nitrogen and oxygen atoms in total. The number of anilines is 2. The Kier molecular flexibility index (Phi) is 4.65. The molecule has 1 amide bonds. The number of hydrogen-bond acceptors (Lipinski definition) is 5. The molecule has 1 saturated carbocycles. The van der Waals surface area contributed by atoms with Gasteiger partial charge in [0.25, 0.3) is 5.91 Å². The smallest absolute Gasteiger partial charge is 0.278 e. The number of nitrogens with one attached hydrogen (secondary N) is 1. The van der Waals surface area contributed by atoms with E-state index in [2.05, 4.69) is 36.5 Å². The lowest BCUT2D eigenvalue weighted by Gasteiger charge is -2.11. The SMILES string of the molecule is CN(C)c1ccc(NC(=O)c2nnn(-c3ccc(Br)cc3)c2C2CC2)cn1. The van der Waals surface area contributed by atoms with Gasteiger partial charge >= 0.3 is 0 Å². The summed E-state index contributed by atoms with van der Waals surface area (Å²) in [4.78, 5) is 19.0. The molecule has 27 heavy (non-hydrogen) atoms. The summed E-state index contributed by atoms with van der Waals surface area (Å²) in [5, 5.41) is 11.3. The molecule has 1 aliphatic rings. The summed E-state index contributed by atoms with van der Waals surface area (Å²) in [7, 11) is 3.84. The van der Waals surface area contributed by atoms with Crippen molar-refractivity contribution >= 4 is 33.3 Å². The Bertz CT molecular complexity index is 961. The largest absolute Gasteiger partial charge is 0.363 e. The van der Waals surface area contributed by atoms with Gasteiger partial charge in [-0.2, -0.15) is 0 Å². The second-order valence-corrected chi connectivity index (χ2v) is 7.66. The Balaban J connectivity index is 1.61. The topological polar surface area (TPSA) is 75.9 Å². The molecule has 2 heterocycles. The van der Waals surface area contributed by atoms with E-state index in [4.69, 9.17) is 0 Å². The van der Waals surface area contributed by atoms with Crippen LogP contribution in [0.25, 0.3) is 5.69 Å². The van der Waals surface area contributed by atoms with Gasteiger partial charge in [0.2, 0.25) is 0 Å². The van der Waals surface area contributed by atoms with Crippen molar-refractivity contribution in [2.24, 2.45) is 0 Å². The number of pyridine rings is 1. The number of nitrogens with zero attached hydrogens (tertiary/aromatic N) is 5. The van der Waals surface area contributed by atoms with Crippen LogP contribution in [0.3, 0.4) is 0 Å². The van der Waals surface area contributed by atoms with Gasteiger partial charge in [0.05, 0.1) is 23.3 Å². The number of rotatable bonds is 5. The quantitative estimate of drug-likeness (QED) is 0.673. The molecular weight excluding hydrogens is 408 g/mol. The highest BCUT2D eigenvalue weighted by Gasteiger charge is 2.34. The lowest BCUT2D eigenvalue weighted by Crippen LogP contribution is -2.16. The fraction of sp³-hybridized carbons (Fsp3) is 0.263. The van der Waals surface area contributed by atoms with Crippen LogP contribution in [-0.4, -0.2) is 40.0 Å². The monoisotopic (exact) mass is 426 g/mol. The van der Waals surface area contributed by atoms with E-state index >= 15 is 0 Å². The third kappa shape index (κ3) is 3.71. The van der Waals surface area contributed by atoms with Crippen molar-refractivity contribution in [3.63, 3.8) is 0 Å². The van der Waals surface area contributed by atoms with E-state index in [1.807, 2.05) is 55.4 Å². The predicted molar refractivity (Wildman–Crippen MR) is 108 cm³/mol. The Labute approximate surface area is 165 Å². The van der Waals surface area contributed by atoms with Crippen LogP contribution in [0.5, 0.6) is 0 Å². The number of carbonyl (C=O) groups is 1. The molecule has 0 unspecified atom stereocenters. The van der Waals surface area contributed by atoms with Crippen molar-refractivity contribution in [3.05, 3.63) is 58.5 Å². The van der Waals surface area contributed by atoms with Crippen LogP contribution in [-0.2, 0) is 0 Å². The third-order valence-corrected chi connectivity index (χ3v) is 4.95. The molecule has 1 fully saturated rings. The first-order valence-corrected chi connectivity index (χ1v) is 9.48. The summed E-state index contributed by atoms with van der Waals surface area (Å²) < 4.78 is 2.76. The van der Waals surface area contributed by atoms with Gasteiger partial charge in [-0.05, 0) is 49.2 Å². The number of benzene rings is 1. The molecule has 4 rings (SSSR count). The van der Waals surface area contributed by atoms with E-state index in [0.717, 1.165) is 34.5 Å². The fourth-order valence-corrected chi connectivity index (χ4v) is 3.13. The summed E-state index contributed by atoms with van der Waals surface area (Å²) in [6.45, 7) is 0. The molecule has 2 aromatic heterocycles. The molecule has 1 N–H and O–H groups in total. The van der Waals surface area contributed by atoms with Crippen LogP contribution < -0.4 is 10.2 Å². The zero-order valence-corrected chi connectivity index (χ0v) is 16.6. The molecule has 0 bridgehead atoms. The Hall–Kier alpha value is -2.74. The first kappa shape index (κ1) is 17.7. The van der Waals surface area contributed by atoms with Gasteiger partial charge in [0.1, 0.15) is 5.82 Å². The Morgan fingerprint density at radius 3 is 2.52 bits per heavy atom. The molecule has 3 aromatic rings. The Morgan fingerprint density at radius 1 is 1.19 bits per heavy atom. The van der Waals surface area contributed by atoms with Crippen LogP contribution in [0.1, 0.15) is 34.9 Å². The summed E-state index contributed by atoms with van der Waals surface area (Å²) in [5.41, 5.74) is 2.76. The highest BCUT2D eigenvalue weighted by molar-refractivity contribution is 9.10. The second-order valence-electron chi connectivity index (χ2n) is 6.74. The van der Waals surface area contributed by atoms with E-state index in [1.54, 1.807) is 10.9 Å². The van der Waals surface area contributed by atoms with Gasteiger partial charge in [0.15, 0.2) is 5.69 Å². The average Bonchev–Trinajstić information content (AvgIpc) is 3.41. The van der Waals surface area contributed by atoms with Crippen molar-refractivity contribution in [1.29, 1.82) is 0 Å². The number of carbonyl (C=O) groups excluding carboxylic acids is 1.